The van der Waals surface area contributed by atoms with Crippen LogP contribution in [0.3, 0.4) is 0 Å². The van der Waals surface area contributed by atoms with Gasteiger partial charge in [-0.25, -0.2) is 0 Å². The van der Waals surface area contributed by atoms with Crippen molar-refractivity contribution in [3.05, 3.63) is 68.3 Å². The van der Waals surface area contributed by atoms with E-state index in [1.165, 1.54) is 24.1 Å². The molecule has 0 spiro atoms. The molecule has 0 radical (unpaired) electrons. The van der Waals surface area contributed by atoms with Crippen LogP contribution in [0.2, 0.25) is 10.0 Å². The van der Waals surface area contributed by atoms with Gasteiger partial charge in [0, 0.05) is 34.4 Å². The summed E-state index contributed by atoms with van der Waals surface area (Å²) in [5.74, 6) is -0.0657. The monoisotopic (exact) mass is 520 g/mol. The molecule has 1 aliphatic rings. The molecule has 7 heteroatoms. The smallest absolute Gasteiger partial charge is 0.243 e. The first-order valence-corrected chi connectivity index (χ1v) is 13.8. The Hall–Kier alpha value is -1.82. The van der Waals surface area contributed by atoms with Gasteiger partial charge in [0.15, 0.2) is 0 Å². The van der Waals surface area contributed by atoms with E-state index in [1.807, 2.05) is 11.0 Å². The van der Waals surface area contributed by atoms with Crippen molar-refractivity contribution in [3.8, 4) is 0 Å². The predicted octanol–water partition coefficient (Wildman–Crippen LogP) is 7.29. The van der Waals surface area contributed by atoms with Crippen LogP contribution < -0.4 is 0 Å². The number of unbranched alkanes of at least 4 members (excludes halogenated alkanes) is 5. The van der Waals surface area contributed by atoms with Gasteiger partial charge in [-0.3, -0.25) is 9.59 Å². The van der Waals surface area contributed by atoms with E-state index in [2.05, 4.69) is 24.9 Å². The van der Waals surface area contributed by atoms with Gasteiger partial charge in [0.2, 0.25) is 11.8 Å². The molecule has 0 bridgehead atoms. The van der Waals surface area contributed by atoms with Crippen LogP contribution in [0, 0.1) is 0 Å². The summed E-state index contributed by atoms with van der Waals surface area (Å²) < 4.78 is 0. The maximum atomic E-state index is 13.6. The summed E-state index contributed by atoms with van der Waals surface area (Å²) in [5.41, 5.74) is 1.95. The predicted molar refractivity (Wildman–Crippen MR) is 143 cm³/mol. The lowest BCUT2D eigenvalue weighted by molar-refractivity contribution is -0.141. The Morgan fingerprint density at radius 3 is 2.65 bits per heavy atom. The van der Waals surface area contributed by atoms with Gasteiger partial charge in [-0.1, -0.05) is 74.4 Å². The van der Waals surface area contributed by atoms with Gasteiger partial charge < -0.3 is 9.80 Å². The van der Waals surface area contributed by atoms with Crippen LogP contribution in [0.15, 0.2) is 42.3 Å². The molecule has 0 saturated carbocycles. The quantitative estimate of drug-likeness (QED) is 0.217. The number of amides is 2. The second-order valence-electron chi connectivity index (χ2n) is 8.79. The van der Waals surface area contributed by atoms with Crippen molar-refractivity contribution in [1.29, 1.82) is 0 Å². The second-order valence-corrected chi connectivity index (χ2v) is 10.6. The normalized spacial score (nSPS) is 15.1. The third-order valence-corrected chi connectivity index (χ3v) is 7.87. The fourth-order valence-corrected chi connectivity index (χ4v) is 5.94. The molecule has 34 heavy (non-hydrogen) atoms. The summed E-state index contributed by atoms with van der Waals surface area (Å²) >= 11 is 14.4. The molecule has 0 fully saturated rings. The van der Waals surface area contributed by atoms with Crippen molar-refractivity contribution < 1.29 is 9.59 Å². The van der Waals surface area contributed by atoms with Crippen molar-refractivity contribution in [3.63, 3.8) is 0 Å². The Bertz CT molecular complexity index is 991. The van der Waals surface area contributed by atoms with Crippen molar-refractivity contribution in [1.82, 2.24) is 9.80 Å². The molecule has 0 saturated heterocycles. The van der Waals surface area contributed by atoms with Gasteiger partial charge >= 0.3 is 0 Å². The molecule has 2 amide bonds. The number of benzene rings is 1. The summed E-state index contributed by atoms with van der Waals surface area (Å²) in [4.78, 5) is 31.2. The summed E-state index contributed by atoms with van der Waals surface area (Å²) in [6.07, 6.45) is 9.68. The molecule has 1 aliphatic heterocycles. The molecule has 0 aliphatic carbocycles. The average molecular weight is 522 g/mol. The first-order valence-electron chi connectivity index (χ1n) is 12.2. The SMILES string of the molecule is C=CCN(CC(=O)N1CCc2sccc2C1c1ccc(Cl)cc1Cl)C(=O)CCCCCCCC. The minimum Gasteiger partial charge on any atom is -0.330 e. The molecule has 2 heterocycles. The van der Waals surface area contributed by atoms with Crippen molar-refractivity contribution in [2.45, 2.75) is 64.3 Å². The zero-order chi connectivity index (χ0) is 24.5. The Morgan fingerprint density at radius 1 is 1.15 bits per heavy atom. The molecule has 1 aromatic carbocycles. The van der Waals surface area contributed by atoms with Gasteiger partial charge in [-0.15, -0.1) is 17.9 Å². The zero-order valence-electron chi connectivity index (χ0n) is 19.9. The number of hydrogen-bond acceptors (Lipinski definition) is 3. The van der Waals surface area contributed by atoms with E-state index >= 15 is 0 Å². The Kier molecular flexibility index (Phi) is 10.5. The number of carbonyl (C=O) groups excluding carboxylic acids is 2. The third-order valence-electron chi connectivity index (χ3n) is 6.32. The van der Waals surface area contributed by atoms with Gasteiger partial charge in [-0.05, 0) is 47.5 Å². The van der Waals surface area contributed by atoms with Gasteiger partial charge in [0.05, 0.1) is 6.04 Å². The summed E-state index contributed by atoms with van der Waals surface area (Å²) in [7, 11) is 0. The van der Waals surface area contributed by atoms with Crippen LogP contribution >= 0.6 is 34.5 Å². The number of nitrogens with zero attached hydrogens (tertiary/aromatic N) is 2. The van der Waals surface area contributed by atoms with Gasteiger partial charge in [0.1, 0.15) is 6.54 Å². The van der Waals surface area contributed by atoms with E-state index in [0.29, 0.717) is 29.6 Å². The van der Waals surface area contributed by atoms with Crippen LogP contribution in [0.4, 0.5) is 0 Å². The fraction of sp³-hybridized carbons (Fsp3) is 0.481. The molecule has 3 rings (SSSR count). The first kappa shape index (κ1) is 26.8. The molecule has 184 valence electrons. The lowest BCUT2D eigenvalue weighted by Gasteiger charge is -2.38. The maximum Gasteiger partial charge on any atom is 0.243 e. The van der Waals surface area contributed by atoms with E-state index < -0.39 is 0 Å². The number of rotatable bonds is 12. The lowest BCUT2D eigenvalue weighted by Crippen LogP contribution is -2.46. The zero-order valence-corrected chi connectivity index (χ0v) is 22.2. The molecule has 1 aromatic heterocycles. The Morgan fingerprint density at radius 2 is 1.91 bits per heavy atom. The minimum absolute atomic E-state index is 0.0121. The van der Waals surface area contributed by atoms with E-state index in [-0.39, 0.29) is 24.4 Å². The maximum absolute atomic E-state index is 13.6. The Labute approximate surface area is 217 Å². The van der Waals surface area contributed by atoms with E-state index in [0.717, 1.165) is 36.8 Å². The Balaban J connectivity index is 1.72. The standard InChI is InChI=1S/C27H34Cl2N2O2S/c1-3-5-6-7-8-9-10-25(32)30(15-4-2)19-26(33)31-16-13-24-22(14-17-34-24)27(31)21-12-11-20(28)18-23(21)29/h4,11-12,14,17-18,27H,2-3,5-10,13,15-16,19H2,1H3. The van der Waals surface area contributed by atoms with Crippen molar-refractivity contribution in [2.24, 2.45) is 0 Å². The fourth-order valence-electron chi connectivity index (χ4n) is 4.52. The molecule has 4 nitrogen and oxygen atoms in total. The molecular weight excluding hydrogens is 487 g/mol. The van der Waals surface area contributed by atoms with E-state index in [1.54, 1.807) is 34.4 Å². The lowest BCUT2D eigenvalue weighted by atomic mass is 9.93. The molecule has 1 unspecified atom stereocenters. The van der Waals surface area contributed by atoms with Crippen LogP contribution in [0.1, 0.15) is 73.9 Å². The van der Waals surface area contributed by atoms with Crippen molar-refractivity contribution in [2.75, 3.05) is 19.6 Å². The number of carbonyl (C=O) groups is 2. The highest BCUT2D eigenvalue weighted by molar-refractivity contribution is 7.10. The summed E-state index contributed by atoms with van der Waals surface area (Å²) in [6, 6.07) is 7.20. The van der Waals surface area contributed by atoms with Crippen LogP contribution in [0.25, 0.3) is 0 Å². The van der Waals surface area contributed by atoms with Gasteiger partial charge in [-0.2, -0.15) is 0 Å². The molecule has 1 atom stereocenters. The van der Waals surface area contributed by atoms with E-state index in [9.17, 15) is 9.59 Å². The highest BCUT2D eigenvalue weighted by atomic mass is 35.5. The molecule has 2 aromatic rings. The number of hydrogen-bond donors (Lipinski definition) is 0. The first-order chi connectivity index (χ1) is 16.5. The van der Waals surface area contributed by atoms with Crippen LogP contribution in [-0.4, -0.2) is 41.2 Å². The van der Waals surface area contributed by atoms with Gasteiger partial charge in [0.25, 0.3) is 0 Å². The largest absolute Gasteiger partial charge is 0.330 e. The number of fused-ring (bicyclic) bond motifs is 1. The molecule has 0 N–H and O–H groups in total. The summed E-state index contributed by atoms with van der Waals surface area (Å²) in [5, 5.41) is 3.16. The average Bonchev–Trinajstić information content (AvgIpc) is 3.29. The summed E-state index contributed by atoms with van der Waals surface area (Å²) in [6.45, 7) is 6.98. The van der Waals surface area contributed by atoms with E-state index in [4.69, 9.17) is 23.2 Å². The number of halogens is 2. The molecular formula is C27H34Cl2N2O2S. The van der Waals surface area contributed by atoms with Crippen LogP contribution in [0.5, 0.6) is 0 Å². The second kappa shape index (κ2) is 13.3. The third kappa shape index (κ3) is 6.87. The minimum atomic E-state index is -0.286. The van der Waals surface area contributed by atoms with Crippen molar-refractivity contribution >= 4 is 46.4 Å². The highest BCUT2D eigenvalue weighted by Gasteiger charge is 2.34. The number of thiophene rings is 1. The van der Waals surface area contributed by atoms with Crippen LogP contribution in [-0.2, 0) is 16.0 Å². The highest BCUT2D eigenvalue weighted by Crippen LogP contribution is 2.41. The topological polar surface area (TPSA) is 40.6 Å².